The number of aromatic nitrogens is 3. The number of carbonyl (C=O) groups excluding carboxylic acids is 1. The van der Waals surface area contributed by atoms with Gasteiger partial charge in [0.15, 0.2) is 12.2 Å². The third-order valence-corrected chi connectivity index (χ3v) is 4.27. The molecule has 4 aromatic rings. The fourth-order valence-electron chi connectivity index (χ4n) is 2.84. The topological polar surface area (TPSA) is 110 Å². The highest BCUT2D eigenvalue weighted by atomic mass is 16.6. The first kappa shape index (κ1) is 18.5. The van der Waals surface area contributed by atoms with Crippen LogP contribution in [0, 0.1) is 0 Å². The number of oxazole rings is 1. The number of hydrogen-bond donors (Lipinski definition) is 0. The number of aryl methyl sites for hydroxylation is 1. The number of methoxy groups -OCH3 is 1. The molecule has 0 saturated carbocycles. The molecular formula is C20H17N3O6. The molecule has 29 heavy (non-hydrogen) atoms. The molecule has 0 aliphatic heterocycles. The van der Waals surface area contributed by atoms with Crippen LogP contribution in [-0.2, 0) is 22.7 Å². The average molecular weight is 395 g/mol. The molecule has 2 aromatic heterocycles. The molecule has 148 valence electrons. The Bertz CT molecular complexity index is 1210. The largest absolute Gasteiger partial charge is 0.497 e. The van der Waals surface area contributed by atoms with Gasteiger partial charge < -0.3 is 18.4 Å². The maximum absolute atomic E-state index is 12.0. The normalized spacial score (nSPS) is 10.9. The molecule has 2 aromatic carbocycles. The summed E-state index contributed by atoms with van der Waals surface area (Å²) < 4.78 is 22.0. The van der Waals surface area contributed by atoms with Crippen molar-refractivity contribution in [3.05, 3.63) is 65.0 Å². The number of nitrogens with zero attached hydrogens (tertiary/aromatic N) is 3. The highest BCUT2D eigenvalue weighted by molar-refractivity contribution is 5.73. The highest BCUT2D eigenvalue weighted by Crippen LogP contribution is 2.21. The molecule has 0 fully saturated rings. The van der Waals surface area contributed by atoms with Crippen LogP contribution in [0.25, 0.3) is 22.5 Å². The van der Waals surface area contributed by atoms with Crippen molar-refractivity contribution < 1.29 is 23.2 Å². The number of fused-ring (bicyclic) bond motifs is 1. The Kier molecular flexibility index (Phi) is 5.10. The third kappa shape index (κ3) is 4.03. The molecular weight excluding hydrogens is 378 g/mol. The Morgan fingerprint density at radius 3 is 2.90 bits per heavy atom. The number of carbonyl (C=O) groups is 1. The molecule has 0 saturated heterocycles. The van der Waals surface area contributed by atoms with Crippen LogP contribution in [-0.4, -0.2) is 27.8 Å². The van der Waals surface area contributed by atoms with Crippen LogP contribution in [0.1, 0.15) is 12.3 Å². The highest BCUT2D eigenvalue weighted by Gasteiger charge is 2.14. The van der Waals surface area contributed by atoms with Gasteiger partial charge in [0.25, 0.3) is 5.89 Å². The van der Waals surface area contributed by atoms with Crippen molar-refractivity contribution in [3.8, 4) is 17.1 Å². The van der Waals surface area contributed by atoms with Crippen LogP contribution < -0.4 is 10.5 Å². The maximum atomic E-state index is 12.0. The fourth-order valence-corrected chi connectivity index (χ4v) is 2.84. The number of esters is 1. The zero-order chi connectivity index (χ0) is 20.2. The predicted molar refractivity (Wildman–Crippen MR) is 101 cm³/mol. The van der Waals surface area contributed by atoms with Crippen LogP contribution in [0.5, 0.6) is 5.75 Å². The van der Waals surface area contributed by atoms with E-state index < -0.39 is 11.7 Å². The van der Waals surface area contributed by atoms with Crippen molar-refractivity contribution in [2.45, 2.75) is 19.6 Å². The molecule has 0 unspecified atom stereocenters. The van der Waals surface area contributed by atoms with Crippen molar-refractivity contribution in [1.29, 1.82) is 0 Å². The van der Waals surface area contributed by atoms with Gasteiger partial charge in [0, 0.05) is 12.1 Å². The molecule has 0 atom stereocenters. The summed E-state index contributed by atoms with van der Waals surface area (Å²) >= 11 is 0. The fraction of sp³-hybridized carbons (Fsp3) is 0.200. The van der Waals surface area contributed by atoms with Crippen molar-refractivity contribution in [2.24, 2.45) is 0 Å². The Labute approximate surface area is 164 Å². The molecule has 0 radical (unpaired) electrons. The SMILES string of the molecule is COc1cccc(-c2noc(COC(=O)CCn3c(=O)oc4ccccc43)n2)c1. The summed E-state index contributed by atoms with van der Waals surface area (Å²) in [7, 11) is 1.57. The number of para-hydroxylation sites is 2. The number of ether oxygens (including phenoxy) is 2. The van der Waals surface area contributed by atoms with E-state index in [1.54, 1.807) is 43.5 Å². The molecule has 4 rings (SSSR count). The van der Waals surface area contributed by atoms with Crippen LogP contribution in [0.15, 0.2) is 62.3 Å². The molecule has 9 heteroatoms. The van der Waals surface area contributed by atoms with Gasteiger partial charge in [-0.25, -0.2) is 4.79 Å². The van der Waals surface area contributed by atoms with Gasteiger partial charge in [-0.15, -0.1) is 0 Å². The predicted octanol–water partition coefficient (Wildman–Crippen LogP) is 2.79. The molecule has 9 nitrogen and oxygen atoms in total. The van der Waals surface area contributed by atoms with E-state index in [2.05, 4.69) is 10.1 Å². The monoisotopic (exact) mass is 395 g/mol. The quantitative estimate of drug-likeness (QED) is 0.439. The molecule has 0 spiro atoms. The van der Waals surface area contributed by atoms with Gasteiger partial charge in [-0.1, -0.05) is 29.4 Å². The summed E-state index contributed by atoms with van der Waals surface area (Å²) in [5.41, 5.74) is 1.82. The average Bonchev–Trinajstić information content (AvgIpc) is 3.34. The van der Waals surface area contributed by atoms with E-state index in [1.807, 2.05) is 12.1 Å². The first-order valence-electron chi connectivity index (χ1n) is 8.85. The summed E-state index contributed by atoms with van der Waals surface area (Å²) in [6.07, 6.45) is 0.000310. The first-order valence-corrected chi connectivity index (χ1v) is 8.85. The molecule has 0 N–H and O–H groups in total. The smallest absolute Gasteiger partial charge is 0.419 e. The van der Waals surface area contributed by atoms with Crippen molar-refractivity contribution >= 4 is 17.1 Å². The first-order chi connectivity index (χ1) is 14.1. The summed E-state index contributed by atoms with van der Waals surface area (Å²) in [4.78, 5) is 28.2. The van der Waals surface area contributed by atoms with E-state index in [4.69, 9.17) is 18.4 Å². The maximum Gasteiger partial charge on any atom is 0.419 e. The van der Waals surface area contributed by atoms with Crippen LogP contribution >= 0.6 is 0 Å². The van der Waals surface area contributed by atoms with Gasteiger partial charge in [-0.3, -0.25) is 9.36 Å². The van der Waals surface area contributed by atoms with Gasteiger partial charge in [-0.05, 0) is 24.3 Å². The van der Waals surface area contributed by atoms with Gasteiger partial charge in [0.2, 0.25) is 5.82 Å². The van der Waals surface area contributed by atoms with Crippen molar-refractivity contribution in [2.75, 3.05) is 7.11 Å². The van der Waals surface area contributed by atoms with Crippen LogP contribution in [0.3, 0.4) is 0 Å². The van der Waals surface area contributed by atoms with E-state index in [1.165, 1.54) is 4.57 Å². The molecule has 0 bridgehead atoms. The molecule has 0 aliphatic rings. The summed E-state index contributed by atoms with van der Waals surface area (Å²) in [6.45, 7) is -0.00952. The summed E-state index contributed by atoms with van der Waals surface area (Å²) in [5.74, 6) is 0.193. The second kappa shape index (κ2) is 8.01. The summed E-state index contributed by atoms with van der Waals surface area (Å²) in [6, 6.07) is 14.2. The van der Waals surface area contributed by atoms with Gasteiger partial charge >= 0.3 is 11.7 Å². The second-order valence-corrected chi connectivity index (χ2v) is 6.14. The van der Waals surface area contributed by atoms with Crippen LogP contribution in [0.4, 0.5) is 0 Å². The molecule has 0 amide bonds. The standard InChI is InChI=1S/C20H17N3O6/c1-26-14-6-4-5-13(11-14)19-21-17(29-22-19)12-27-18(24)9-10-23-15-7-2-3-8-16(15)28-20(23)25/h2-8,11H,9-10,12H2,1H3. The van der Waals surface area contributed by atoms with E-state index in [9.17, 15) is 9.59 Å². The molecule has 0 aliphatic carbocycles. The Balaban J connectivity index is 1.35. The Hall–Kier alpha value is -3.88. The minimum atomic E-state index is -0.515. The van der Waals surface area contributed by atoms with Crippen LogP contribution in [0.2, 0.25) is 0 Å². The van der Waals surface area contributed by atoms with Gasteiger partial charge in [0.05, 0.1) is 19.0 Å². The third-order valence-electron chi connectivity index (χ3n) is 4.27. The molecule has 2 heterocycles. The lowest BCUT2D eigenvalue weighted by molar-refractivity contribution is -0.146. The lowest BCUT2D eigenvalue weighted by Gasteiger charge is -2.03. The minimum absolute atomic E-state index is 0.000310. The number of benzene rings is 2. The Morgan fingerprint density at radius 2 is 2.03 bits per heavy atom. The summed E-state index contributed by atoms with van der Waals surface area (Å²) in [5, 5.41) is 3.88. The van der Waals surface area contributed by atoms with Gasteiger partial charge in [-0.2, -0.15) is 4.98 Å². The second-order valence-electron chi connectivity index (χ2n) is 6.14. The van der Waals surface area contributed by atoms with E-state index in [0.29, 0.717) is 22.7 Å². The zero-order valence-electron chi connectivity index (χ0n) is 15.5. The Morgan fingerprint density at radius 1 is 1.17 bits per heavy atom. The van der Waals surface area contributed by atoms with E-state index in [-0.39, 0.29) is 25.5 Å². The number of hydrogen-bond acceptors (Lipinski definition) is 8. The minimum Gasteiger partial charge on any atom is -0.497 e. The number of rotatable bonds is 7. The van der Waals surface area contributed by atoms with Gasteiger partial charge in [0.1, 0.15) is 5.75 Å². The zero-order valence-corrected chi connectivity index (χ0v) is 15.5. The van der Waals surface area contributed by atoms with E-state index in [0.717, 1.165) is 5.56 Å². The lowest BCUT2D eigenvalue weighted by Crippen LogP contribution is -2.17. The van der Waals surface area contributed by atoms with Crippen molar-refractivity contribution in [3.63, 3.8) is 0 Å². The van der Waals surface area contributed by atoms with Crippen molar-refractivity contribution in [1.82, 2.24) is 14.7 Å². The van der Waals surface area contributed by atoms with E-state index >= 15 is 0 Å². The lowest BCUT2D eigenvalue weighted by atomic mass is 10.2.